The van der Waals surface area contributed by atoms with E-state index in [1.807, 2.05) is 0 Å². The molecule has 4 aliphatic rings. The topological polar surface area (TPSA) is 37.1 Å². The SMILES string of the molecule is c1ccc([C@H](N=C(N2CCCC2)N2CCCC2)[C@@H](NC(N2CCCC2)=[N+]2CCCC2)c2ccccc2)cc1. The Kier molecular flexibility index (Phi) is 8.13. The second-order valence-electron chi connectivity index (χ2n) is 11.4. The van der Waals surface area contributed by atoms with Gasteiger partial charge in [0.15, 0.2) is 5.96 Å². The lowest BCUT2D eigenvalue weighted by Crippen LogP contribution is -2.48. The minimum absolute atomic E-state index is 0.0185. The first kappa shape index (κ1) is 25.3. The fraction of sp³-hybridized carbons (Fsp3) is 0.562. The summed E-state index contributed by atoms with van der Waals surface area (Å²) in [4.78, 5) is 13.5. The molecule has 6 nitrogen and oxygen atoms in total. The zero-order valence-electron chi connectivity index (χ0n) is 23.0. The van der Waals surface area contributed by atoms with Crippen LogP contribution in [0.5, 0.6) is 0 Å². The standard InChI is InChI=1S/C32H44N6/c1-3-15-27(16-4-1)29(33-31(35-19-7-8-20-35)36-21-9-10-22-36)30(28-17-5-2-6-18-28)34-32(37-23-11-12-24-37)38-25-13-14-26-38/h1-6,15-18,29-30H,7-14,19-26H2/p+1/t29-,30-/m0/s1. The largest absolute Gasteiger partial charge is 0.348 e. The molecule has 0 aromatic heterocycles. The first-order valence-electron chi connectivity index (χ1n) is 15.2. The predicted molar refractivity (Wildman–Crippen MR) is 156 cm³/mol. The quantitative estimate of drug-likeness (QED) is 0.352. The molecule has 2 aromatic carbocycles. The van der Waals surface area contributed by atoms with Crippen LogP contribution >= 0.6 is 0 Å². The van der Waals surface area contributed by atoms with Crippen molar-refractivity contribution in [2.75, 3.05) is 52.4 Å². The van der Waals surface area contributed by atoms with Crippen molar-refractivity contribution in [3.63, 3.8) is 0 Å². The third-order valence-electron chi connectivity index (χ3n) is 8.74. The summed E-state index contributed by atoms with van der Waals surface area (Å²) in [7, 11) is 0. The van der Waals surface area contributed by atoms with Gasteiger partial charge < -0.3 is 9.80 Å². The Labute approximate surface area is 229 Å². The Morgan fingerprint density at radius 3 is 1.61 bits per heavy atom. The molecular formula is C32H45N6+. The van der Waals surface area contributed by atoms with E-state index in [-0.39, 0.29) is 12.1 Å². The number of aliphatic imine (C=N–C) groups is 1. The minimum Gasteiger partial charge on any atom is -0.343 e. The van der Waals surface area contributed by atoms with Crippen molar-refractivity contribution < 1.29 is 4.58 Å². The molecule has 0 amide bonds. The van der Waals surface area contributed by atoms with Crippen LogP contribution in [0.1, 0.15) is 74.6 Å². The van der Waals surface area contributed by atoms with Crippen molar-refractivity contribution in [1.29, 1.82) is 0 Å². The van der Waals surface area contributed by atoms with Gasteiger partial charge >= 0.3 is 5.96 Å². The van der Waals surface area contributed by atoms with E-state index < -0.39 is 0 Å². The zero-order chi connectivity index (χ0) is 25.6. The molecule has 1 N–H and O–H groups in total. The third-order valence-corrected chi connectivity index (χ3v) is 8.74. The number of likely N-dealkylation sites (tertiary alicyclic amines) is 3. The van der Waals surface area contributed by atoms with Crippen LogP contribution in [0.3, 0.4) is 0 Å². The molecule has 2 atom stereocenters. The summed E-state index contributed by atoms with van der Waals surface area (Å²) < 4.78 is 2.61. The maximum absolute atomic E-state index is 5.75. The smallest absolute Gasteiger partial charge is 0.343 e. The molecule has 202 valence electrons. The minimum atomic E-state index is -0.0185. The Morgan fingerprint density at radius 2 is 1.08 bits per heavy atom. The van der Waals surface area contributed by atoms with Crippen LogP contribution in [0.2, 0.25) is 0 Å². The van der Waals surface area contributed by atoms with Crippen LogP contribution in [-0.2, 0) is 0 Å². The second-order valence-corrected chi connectivity index (χ2v) is 11.4. The first-order chi connectivity index (χ1) is 18.9. The molecule has 4 saturated heterocycles. The van der Waals surface area contributed by atoms with E-state index in [9.17, 15) is 0 Å². The highest BCUT2D eigenvalue weighted by Crippen LogP contribution is 2.34. The Morgan fingerprint density at radius 1 is 0.605 bits per heavy atom. The van der Waals surface area contributed by atoms with Gasteiger partial charge in [0.1, 0.15) is 12.1 Å². The van der Waals surface area contributed by atoms with Crippen LogP contribution in [0, 0.1) is 0 Å². The second kappa shape index (κ2) is 12.2. The number of rotatable bonds is 5. The lowest BCUT2D eigenvalue weighted by Gasteiger charge is -2.32. The Hall–Kier alpha value is -3.02. The van der Waals surface area contributed by atoms with Gasteiger partial charge in [0.2, 0.25) is 0 Å². The molecule has 4 heterocycles. The summed E-state index contributed by atoms with van der Waals surface area (Å²) in [6.07, 6.45) is 10.2. The first-order valence-corrected chi connectivity index (χ1v) is 15.2. The van der Waals surface area contributed by atoms with Crippen molar-refractivity contribution >= 4 is 11.9 Å². The number of hydrogen-bond donors (Lipinski definition) is 1. The van der Waals surface area contributed by atoms with Gasteiger partial charge in [-0.3, -0.25) is 14.8 Å². The molecule has 0 unspecified atom stereocenters. The van der Waals surface area contributed by atoms with Gasteiger partial charge in [-0.25, -0.2) is 4.99 Å². The highest BCUT2D eigenvalue weighted by atomic mass is 15.4. The van der Waals surface area contributed by atoms with Crippen LogP contribution in [-0.4, -0.2) is 83.6 Å². The maximum Gasteiger partial charge on any atom is 0.348 e. The number of nitrogens with zero attached hydrogens (tertiary/aromatic N) is 5. The molecule has 0 spiro atoms. The van der Waals surface area contributed by atoms with Gasteiger partial charge in [-0.2, -0.15) is 0 Å². The molecule has 6 rings (SSSR count). The van der Waals surface area contributed by atoms with Crippen molar-refractivity contribution in [3.05, 3.63) is 71.8 Å². The van der Waals surface area contributed by atoms with E-state index in [0.29, 0.717) is 0 Å². The van der Waals surface area contributed by atoms with Crippen molar-refractivity contribution in [2.45, 2.75) is 63.5 Å². The van der Waals surface area contributed by atoms with E-state index in [1.54, 1.807) is 0 Å². The molecule has 38 heavy (non-hydrogen) atoms. The Balaban J connectivity index is 1.45. The molecule has 0 bridgehead atoms. The summed E-state index contributed by atoms with van der Waals surface area (Å²) in [5, 5.41) is 4.16. The van der Waals surface area contributed by atoms with Gasteiger partial charge in [-0.15, -0.1) is 0 Å². The molecule has 0 saturated carbocycles. The normalized spacial score (nSPS) is 21.2. The van der Waals surface area contributed by atoms with E-state index in [2.05, 4.69) is 85.3 Å². The van der Waals surface area contributed by atoms with Crippen molar-refractivity contribution in [3.8, 4) is 0 Å². The molecule has 0 radical (unpaired) electrons. The Bertz CT molecular complexity index is 1050. The number of benzene rings is 2. The van der Waals surface area contributed by atoms with Gasteiger partial charge in [0, 0.05) is 26.2 Å². The lowest BCUT2D eigenvalue weighted by atomic mass is 9.93. The molecular weight excluding hydrogens is 468 g/mol. The molecule has 0 aliphatic carbocycles. The average Bonchev–Trinajstić information content (AvgIpc) is 3.79. The number of nitrogens with one attached hydrogen (secondary N) is 1. The molecule has 6 heteroatoms. The molecule has 4 aliphatic heterocycles. The number of guanidine groups is 2. The summed E-state index contributed by atoms with van der Waals surface area (Å²) in [5.74, 6) is 2.55. The van der Waals surface area contributed by atoms with Gasteiger partial charge in [-0.05, 0) is 62.5 Å². The van der Waals surface area contributed by atoms with Crippen LogP contribution in [0.25, 0.3) is 0 Å². The predicted octanol–water partition coefficient (Wildman–Crippen LogP) is 4.86. The van der Waals surface area contributed by atoms with Crippen LogP contribution in [0.4, 0.5) is 0 Å². The van der Waals surface area contributed by atoms with Gasteiger partial charge in [0.25, 0.3) is 0 Å². The summed E-state index contributed by atoms with van der Waals surface area (Å²) >= 11 is 0. The lowest BCUT2D eigenvalue weighted by molar-refractivity contribution is -0.513. The average molecular weight is 514 g/mol. The van der Waals surface area contributed by atoms with Gasteiger partial charge in [-0.1, -0.05) is 60.7 Å². The number of hydrogen-bond acceptors (Lipinski definition) is 1. The fourth-order valence-corrected chi connectivity index (χ4v) is 6.70. The zero-order valence-corrected chi connectivity index (χ0v) is 23.0. The summed E-state index contributed by atoms with van der Waals surface area (Å²) in [5.41, 5.74) is 2.59. The van der Waals surface area contributed by atoms with Crippen LogP contribution in [0.15, 0.2) is 65.7 Å². The monoisotopic (exact) mass is 513 g/mol. The summed E-state index contributed by atoms with van der Waals surface area (Å²) in [6.45, 7) is 9.08. The van der Waals surface area contributed by atoms with Crippen LogP contribution < -0.4 is 5.32 Å². The van der Waals surface area contributed by atoms with E-state index in [0.717, 1.165) is 52.4 Å². The van der Waals surface area contributed by atoms with Gasteiger partial charge in [0.05, 0.1) is 26.2 Å². The van der Waals surface area contributed by atoms with E-state index in [1.165, 1.54) is 74.4 Å². The van der Waals surface area contributed by atoms with E-state index in [4.69, 9.17) is 4.99 Å². The summed E-state index contributed by atoms with van der Waals surface area (Å²) in [6, 6.07) is 22.2. The fourth-order valence-electron chi connectivity index (χ4n) is 6.70. The van der Waals surface area contributed by atoms with E-state index >= 15 is 0 Å². The maximum atomic E-state index is 5.75. The van der Waals surface area contributed by atoms with Crippen molar-refractivity contribution in [2.24, 2.45) is 4.99 Å². The van der Waals surface area contributed by atoms with Crippen molar-refractivity contribution in [1.82, 2.24) is 20.0 Å². The highest BCUT2D eigenvalue weighted by Gasteiger charge is 2.36. The third kappa shape index (κ3) is 5.69. The highest BCUT2D eigenvalue weighted by molar-refractivity contribution is 5.81. The molecule has 2 aromatic rings. The molecule has 4 fully saturated rings.